The second kappa shape index (κ2) is 7.39. The molecule has 148 valence electrons. The molecule has 4 nitrogen and oxygen atoms in total. The molecule has 1 atom stereocenters. The maximum Gasteiger partial charge on any atom is 0.344 e. The van der Waals surface area contributed by atoms with Crippen molar-refractivity contribution >= 4 is 28.3 Å². The first-order valence-corrected chi connectivity index (χ1v) is 9.87. The molecule has 0 fully saturated rings. The molecule has 0 saturated carbocycles. The minimum Gasteiger partial charge on any atom is -0.497 e. The van der Waals surface area contributed by atoms with Crippen molar-refractivity contribution in [1.29, 1.82) is 0 Å². The molecule has 0 amide bonds. The van der Waals surface area contributed by atoms with Gasteiger partial charge in [-0.3, -0.25) is 0 Å². The molecule has 0 spiro atoms. The summed E-state index contributed by atoms with van der Waals surface area (Å²) in [6, 6.07) is 22.5. The fourth-order valence-electron chi connectivity index (χ4n) is 3.76. The van der Waals surface area contributed by atoms with Crippen LogP contribution in [-0.4, -0.2) is 7.11 Å². The molecule has 0 bridgehead atoms. The summed E-state index contributed by atoms with van der Waals surface area (Å²) >= 11 is 6.06. The van der Waals surface area contributed by atoms with Gasteiger partial charge in [-0.2, -0.15) is 0 Å². The van der Waals surface area contributed by atoms with E-state index in [1.807, 2.05) is 72.8 Å². The number of fused-ring (bicyclic) bond motifs is 3. The predicted molar refractivity (Wildman–Crippen MR) is 117 cm³/mol. The van der Waals surface area contributed by atoms with Crippen LogP contribution in [0.5, 0.6) is 11.5 Å². The molecule has 5 heteroatoms. The summed E-state index contributed by atoms with van der Waals surface area (Å²) in [5, 5.41) is 1.39. The summed E-state index contributed by atoms with van der Waals surface area (Å²) < 4.78 is 17.3. The molecule has 1 aliphatic heterocycles. The third kappa shape index (κ3) is 3.15. The van der Waals surface area contributed by atoms with Gasteiger partial charge >= 0.3 is 5.63 Å². The Hall–Kier alpha value is -3.50. The van der Waals surface area contributed by atoms with Crippen LogP contribution in [0.3, 0.4) is 0 Å². The topological polar surface area (TPSA) is 48.7 Å². The molecule has 0 N–H and O–H groups in total. The SMILES string of the molecule is COc1cccc(C2C=C(c3ccc(Cl)cc3)Oc3c2c(=O)oc2ccccc32)c1. The van der Waals surface area contributed by atoms with Crippen molar-refractivity contribution in [3.8, 4) is 11.5 Å². The lowest BCUT2D eigenvalue weighted by Crippen LogP contribution is -2.19. The highest BCUT2D eigenvalue weighted by Crippen LogP contribution is 2.43. The highest BCUT2D eigenvalue weighted by Gasteiger charge is 2.30. The van der Waals surface area contributed by atoms with Crippen molar-refractivity contribution in [3.05, 3.63) is 111 Å². The summed E-state index contributed by atoms with van der Waals surface area (Å²) in [4.78, 5) is 13.0. The zero-order chi connectivity index (χ0) is 20.7. The normalized spacial score (nSPS) is 15.3. The molecule has 1 aliphatic rings. The van der Waals surface area contributed by atoms with Crippen molar-refractivity contribution < 1.29 is 13.9 Å². The van der Waals surface area contributed by atoms with Crippen molar-refractivity contribution in [2.75, 3.05) is 7.11 Å². The van der Waals surface area contributed by atoms with E-state index in [2.05, 4.69) is 0 Å². The summed E-state index contributed by atoms with van der Waals surface area (Å²) in [7, 11) is 1.62. The highest BCUT2D eigenvalue weighted by molar-refractivity contribution is 6.30. The van der Waals surface area contributed by atoms with Gasteiger partial charge in [0.2, 0.25) is 0 Å². The van der Waals surface area contributed by atoms with Crippen molar-refractivity contribution in [2.24, 2.45) is 0 Å². The first-order valence-electron chi connectivity index (χ1n) is 9.49. The van der Waals surface area contributed by atoms with Crippen LogP contribution in [0, 0.1) is 0 Å². The maximum atomic E-state index is 13.0. The smallest absolute Gasteiger partial charge is 0.344 e. The van der Waals surface area contributed by atoms with Gasteiger partial charge in [0, 0.05) is 16.5 Å². The van der Waals surface area contributed by atoms with E-state index in [0.29, 0.717) is 33.4 Å². The van der Waals surface area contributed by atoms with E-state index in [4.69, 9.17) is 25.5 Å². The monoisotopic (exact) mass is 416 g/mol. The molecule has 1 unspecified atom stereocenters. The van der Waals surface area contributed by atoms with Gasteiger partial charge in [-0.1, -0.05) is 35.9 Å². The first-order chi connectivity index (χ1) is 14.6. The van der Waals surface area contributed by atoms with Crippen LogP contribution in [0.4, 0.5) is 0 Å². The van der Waals surface area contributed by atoms with E-state index in [9.17, 15) is 4.79 Å². The van der Waals surface area contributed by atoms with Gasteiger partial charge in [0.25, 0.3) is 0 Å². The van der Waals surface area contributed by atoms with E-state index < -0.39 is 5.63 Å². The third-order valence-electron chi connectivity index (χ3n) is 5.22. The fraction of sp³-hybridized carbons (Fsp3) is 0.0800. The quantitative estimate of drug-likeness (QED) is 0.383. The van der Waals surface area contributed by atoms with Gasteiger partial charge < -0.3 is 13.9 Å². The Bertz CT molecular complexity index is 1340. The van der Waals surface area contributed by atoms with Gasteiger partial charge in [0.1, 0.15) is 22.8 Å². The zero-order valence-corrected chi connectivity index (χ0v) is 16.8. The molecule has 2 heterocycles. The molecular formula is C25H17ClO4. The Kier molecular flexibility index (Phi) is 4.57. The van der Waals surface area contributed by atoms with Crippen molar-refractivity contribution in [1.82, 2.24) is 0 Å². The largest absolute Gasteiger partial charge is 0.497 e. The average Bonchev–Trinajstić information content (AvgIpc) is 2.79. The maximum absolute atomic E-state index is 13.0. The van der Waals surface area contributed by atoms with Crippen LogP contribution in [0.1, 0.15) is 22.6 Å². The number of rotatable bonds is 3. The highest BCUT2D eigenvalue weighted by atomic mass is 35.5. The number of methoxy groups -OCH3 is 1. The van der Waals surface area contributed by atoms with Gasteiger partial charge in [0.05, 0.1) is 18.1 Å². The van der Waals surface area contributed by atoms with E-state index in [-0.39, 0.29) is 5.92 Å². The lowest BCUT2D eigenvalue weighted by Gasteiger charge is -2.25. The first kappa shape index (κ1) is 18.5. The Balaban J connectivity index is 1.77. The lowest BCUT2D eigenvalue weighted by molar-refractivity contribution is 0.414. The number of halogens is 1. The minimum absolute atomic E-state index is 0.351. The number of para-hydroxylation sites is 1. The molecule has 0 aliphatic carbocycles. The molecule has 0 radical (unpaired) electrons. The Morgan fingerprint density at radius 2 is 1.77 bits per heavy atom. The number of allylic oxidation sites excluding steroid dienone is 1. The zero-order valence-electron chi connectivity index (χ0n) is 16.1. The average molecular weight is 417 g/mol. The Labute approximate surface area is 177 Å². The molecule has 1 aromatic heterocycles. The third-order valence-corrected chi connectivity index (χ3v) is 5.47. The predicted octanol–water partition coefficient (Wildman–Crippen LogP) is 6.02. The number of ether oxygens (including phenoxy) is 2. The van der Waals surface area contributed by atoms with E-state index in [0.717, 1.165) is 16.5 Å². The summed E-state index contributed by atoms with van der Waals surface area (Å²) in [5.41, 5.74) is 2.33. The van der Waals surface area contributed by atoms with Crippen LogP contribution in [-0.2, 0) is 0 Å². The van der Waals surface area contributed by atoms with Crippen LogP contribution >= 0.6 is 11.6 Å². The van der Waals surface area contributed by atoms with Crippen LogP contribution in [0.25, 0.3) is 16.7 Å². The van der Waals surface area contributed by atoms with Gasteiger partial charge in [-0.15, -0.1) is 0 Å². The van der Waals surface area contributed by atoms with Crippen LogP contribution in [0.15, 0.2) is 88.1 Å². The van der Waals surface area contributed by atoms with Gasteiger partial charge in [-0.25, -0.2) is 4.79 Å². The Morgan fingerprint density at radius 1 is 0.967 bits per heavy atom. The fourth-order valence-corrected chi connectivity index (χ4v) is 3.89. The molecule has 3 aromatic carbocycles. The molecule has 5 rings (SSSR count). The summed E-state index contributed by atoms with van der Waals surface area (Å²) in [6.45, 7) is 0. The second-order valence-electron chi connectivity index (χ2n) is 7.02. The standard InChI is InChI=1S/C25H17ClO4/c1-28-18-6-4-5-16(13-18)20-14-22(15-9-11-17(26)12-10-15)29-24-19-7-2-3-8-21(19)30-25(27)23(20)24/h2-14,20H,1H3. The van der Waals surface area contributed by atoms with E-state index in [1.54, 1.807) is 13.2 Å². The number of hydrogen-bond acceptors (Lipinski definition) is 4. The molecule has 0 saturated heterocycles. The van der Waals surface area contributed by atoms with Gasteiger partial charge in [-0.05, 0) is 60.2 Å². The number of benzene rings is 3. The van der Waals surface area contributed by atoms with Crippen LogP contribution in [0.2, 0.25) is 5.02 Å². The summed E-state index contributed by atoms with van der Waals surface area (Å²) in [5.74, 6) is 1.53. The minimum atomic E-state index is -0.414. The second-order valence-corrected chi connectivity index (χ2v) is 7.46. The van der Waals surface area contributed by atoms with Crippen molar-refractivity contribution in [3.63, 3.8) is 0 Å². The number of hydrogen-bond donors (Lipinski definition) is 0. The lowest BCUT2D eigenvalue weighted by atomic mass is 9.88. The van der Waals surface area contributed by atoms with Crippen LogP contribution < -0.4 is 15.1 Å². The Morgan fingerprint density at radius 3 is 2.57 bits per heavy atom. The van der Waals surface area contributed by atoms with E-state index >= 15 is 0 Å². The summed E-state index contributed by atoms with van der Waals surface area (Å²) in [6.07, 6.45) is 1.94. The van der Waals surface area contributed by atoms with E-state index in [1.165, 1.54) is 0 Å². The van der Waals surface area contributed by atoms with Crippen molar-refractivity contribution in [2.45, 2.75) is 5.92 Å². The molecule has 30 heavy (non-hydrogen) atoms. The molecule has 4 aromatic rings. The van der Waals surface area contributed by atoms with Gasteiger partial charge in [0.15, 0.2) is 0 Å². The molecular weight excluding hydrogens is 400 g/mol.